The molecular weight excluding hydrogens is 348 g/mol. The number of hydrogen-bond donors (Lipinski definition) is 1. The Labute approximate surface area is 155 Å². The lowest BCUT2D eigenvalue weighted by molar-refractivity contribution is -0.126. The molecule has 2 aromatic carbocycles. The Balaban J connectivity index is 1.49. The van der Waals surface area contributed by atoms with E-state index in [4.69, 9.17) is 0 Å². The summed E-state index contributed by atoms with van der Waals surface area (Å²) in [5.41, 5.74) is 1.85. The van der Waals surface area contributed by atoms with Crippen molar-refractivity contribution < 1.29 is 13.2 Å². The van der Waals surface area contributed by atoms with E-state index in [9.17, 15) is 13.2 Å². The van der Waals surface area contributed by atoms with Gasteiger partial charge in [-0.3, -0.25) is 4.79 Å². The highest BCUT2D eigenvalue weighted by atomic mass is 32.2. The lowest BCUT2D eigenvalue weighted by Crippen LogP contribution is -2.43. The molecule has 0 radical (unpaired) electrons. The van der Waals surface area contributed by atoms with Crippen molar-refractivity contribution in [2.75, 3.05) is 13.1 Å². The SMILES string of the molecule is O=C(NCc1ccccc1)C1CCN(S(=O)(=O)Cc2ccccc2)CC1. The van der Waals surface area contributed by atoms with Crippen molar-refractivity contribution in [2.45, 2.75) is 25.1 Å². The highest BCUT2D eigenvalue weighted by molar-refractivity contribution is 7.88. The van der Waals surface area contributed by atoms with E-state index in [0.717, 1.165) is 11.1 Å². The van der Waals surface area contributed by atoms with Crippen LogP contribution < -0.4 is 5.32 Å². The summed E-state index contributed by atoms with van der Waals surface area (Å²) < 4.78 is 26.7. The van der Waals surface area contributed by atoms with Crippen LogP contribution in [0.25, 0.3) is 0 Å². The van der Waals surface area contributed by atoms with E-state index in [2.05, 4.69) is 5.32 Å². The van der Waals surface area contributed by atoms with Gasteiger partial charge in [0.15, 0.2) is 0 Å². The minimum absolute atomic E-state index is 0.00830. The zero-order chi connectivity index (χ0) is 18.4. The Kier molecular flexibility index (Phi) is 6.06. The van der Waals surface area contributed by atoms with Crippen molar-refractivity contribution in [2.24, 2.45) is 5.92 Å². The molecule has 1 N–H and O–H groups in total. The van der Waals surface area contributed by atoms with E-state index in [1.165, 1.54) is 4.31 Å². The number of carbonyl (C=O) groups is 1. The van der Waals surface area contributed by atoms with E-state index in [0.29, 0.717) is 32.5 Å². The molecule has 1 aliphatic rings. The molecule has 5 nitrogen and oxygen atoms in total. The van der Waals surface area contributed by atoms with Crippen molar-refractivity contribution >= 4 is 15.9 Å². The van der Waals surface area contributed by atoms with Crippen LogP contribution in [0.4, 0.5) is 0 Å². The zero-order valence-electron chi connectivity index (χ0n) is 14.7. The van der Waals surface area contributed by atoms with Crippen LogP contribution in [0, 0.1) is 5.92 Å². The fraction of sp³-hybridized carbons (Fsp3) is 0.350. The largest absolute Gasteiger partial charge is 0.352 e. The first-order valence-electron chi connectivity index (χ1n) is 8.88. The predicted octanol–water partition coefficient (Wildman–Crippen LogP) is 2.54. The quantitative estimate of drug-likeness (QED) is 0.847. The molecule has 1 aliphatic heterocycles. The number of nitrogens with zero attached hydrogens (tertiary/aromatic N) is 1. The molecule has 2 aromatic rings. The number of carbonyl (C=O) groups excluding carboxylic acids is 1. The van der Waals surface area contributed by atoms with Crippen molar-refractivity contribution in [3.63, 3.8) is 0 Å². The van der Waals surface area contributed by atoms with Gasteiger partial charge >= 0.3 is 0 Å². The Morgan fingerprint density at radius 2 is 1.46 bits per heavy atom. The number of hydrogen-bond acceptors (Lipinski definition) is 3. The molecule has 0 saturated carbocycles. The fourth-order valence-corrected chi connectivity index (χ4v) is 4.77. The molecule has 3 rings (SSSR count). The number of piperidine rings is 1. The summed E-state index contributed by atoms with van der Waals surface area (Å²) in [4.78, 5) is 12.3. The van der Waals surface area contributed by atoms with E-state index in [1.807, 2.05) is 60.7 Å². The summed E-state index contributed by atoms with van der Waals surface area (Å²) in [5, 5.41) is 2.96. The van der Waals surface area contributed by atoms with E-state index in [1.54, 1.807) is 0 Å². The summed E-state index contributed by atoms with van der Waals surface area (Å²) in [5.74, 6) is -0.102. The van der Waals surface area contributed by atoms with Crippen LogP contribution in [0.15, 0.2) is 60.7 Å². The van der Waals surface area contributed by atoms with Crippen LogP contribution in [0.2, 0.25) is 0 Å². The van der Waals surface area contributed by atoms with Crippen LogP contribution in [-0.2, 0) is 27.1 Å². The van der Waals surface area contributed by atoms with Gasteiger partial charge in [-0.25, -0.2) is 12.7 Å². The third-order valence-electron chi connectivity index (χ3n) is 4.72. The fourth-order valence-electron chi connectivity index (χ4n) is 3.20. The van der Waals surface area contributed by atoms with Gasteiger partial charge in [-0.15, -0.1) is 0 Å². The summed E-state index contributed by atoms with van der Waals surface area (Å²) in [6, 6.07) is 19.0. The van der Waals surface area contributed by atoms with Crippen LogP contribution >= 0.6 is 0 Å². The highest BCUT2D eigenvalue weighted by Crippen LogP contribution is 2.22. The number of amides is 1. The van der Waals surface area contributed by atoms with Gasteiger partial charge in [0.2, 0.25) is 15.9 Å². The highest BCUT2D eigenvalue weighted by Gasteiger charge is 2.31. The molecule has 6 heteroatoms. The number of nitrogens with one attached hydrogen (secondary N) is 1. The van der Waals surface area contributed by atoms with Crippen LogP contribution in [0.5, 0.6) is 0 Å². The molecule has 0 bridgehead atoms. The predicted molar refractivity (Wildman–Crippen MR) is 102 cm³/mol. The third kappa shape index (κ3) is 4.93. The zero-order valence-corrected chi connectivity index (χ0v) is 15.5. The molecule has 0 aliphatic carbocycles. The van der Waals surface area contributed by atoms with Crippen molar-refractivity contribution in [1.29, 1.82) is 0 Å². The molecule has 1 saturated heterocycles. The normalized spacial score (nSPS) is 16.3. The van der Waals surface area contributed by atoms with Gasteiger partial charge in [0.25, 0.3) is 0 Å². The van der Waals surface area contributed by atoms with Crippen LogP contribution in [0.1, 0.15) is 24.0 Å². The summed E-state index contributed by atoms with van der Waals surface area (Å²) in [6.07, 6.45) is 1.13. The van der Waals surface area contributed by atoms with Gasteiger partial charge in [-0.1, -0.05) is 60.7 Å². The number of rotatable bonds is 6. The maximum Gasteiger partial charge on any atom is 0.223 e. The standard InChI is InChI=1S/C20H24N2O3S/c23-20(21-15-17-7-3-1-4-8-17)19-11-13-22(14-12-19)26(24,25)16-18-9-5-2-6-10-18/h1-10,19H,11-16H2,(H,21,23). The summed E-state index contributed by atoms with van der Waals surface area (Å²) in [6.45, 7) is 1.31. The average molecular weight is 372 g/mol. The van der Waals surface area contributed by atoms with Gasteiger partial charge in [0.1, 0.15) is 0 Å². The van der Waals surface area contributed by atoms with E-state index >= 15 is 0 Å². The second kappa shape index (κ2) is 8.47. The molecule has 0 unspecified atom stereocenters. The molecule has 0 aromatic heterocycles. The second-order valence-corrected chi connectivity index (χ2v) is 8.59. The van der Waals surface area contributed by atoms with Gasteiger partial charge < -0.3 is 5.32 Å². The minimum atomic E-state index is -3.34. The van der Waals surface area contributed by atoms with E-state index in [-0.39, 0.29) is 17.6 Å². The lowest BCUT2D eigenvalue weighted by Gasteiger charge is -2.30. The first kappa shape index (κ1) is 18.6. The van der Waals surface area contributed by atoms with Gasteiger partial charge in [0.05, 0.1) is 5.75 Å². The van der Waals surface area contributed by atoms with Crippen LogP contribution in [-0.4, -0.2) is 31.7 Å². The van der Waals surface area contributed by atoms with E-state index < -0.39 is 10.0 Å². The van der Waals surface area contributed by atoms with Gasteiger partial charge in [0, 0.05) is 25.6 Å². The third-order valence-corrected chi connectivity index (χ3v) is 6.57. The molecule has 1 heterocycles. The second-order valence-electron chi connectivity index (χ2n) is 6.62. The molecule has 1 fully saturated rings. The maximum atomic E-state index is 12.6. The van der Waals surface area contributed by atoms with Crippen molar-refractivity contribution in [3.8, 4) is 0 Å². The number of benzene rings is 2. The molecule has 1 amide bonds. The Hall–Kier alpha value is -2.18. The molecule has 138 valence electrons. The van der Waals surface area contributed by atoms with Crippen molar-refractivity contribution in [1.82, 2.24) is 9.62 Å². The topological polar surface area (TPSA) is 66.5 Å². The first-order chi connectivity index (χ1) is 12.5. The Bertz CT molecular complexity index is 815. The molecule has 0 spiro atoms. The Morgan fingerprint density at radius 3 is 2.04 bits per heavy atom. The number of sulfonamides is 1. The smallest absolute Gasteiger partial charge is 0.223 e. The minimum Gasteiger partial charge on any atom is -0.352 e. The van der Waals surface area contributed by atoms with Crippen molar-refractivity contribution in [3.05, 3.63) is 71.8 Å². The summed E-state index contributed by atoms with van der Waals surface area (Å²) in [7, 11) is -3.34. The van der Waals surface area contributed by atoms with Gasteiger partial charge in [-0.05, 0) is 24.0 Å². The first-order valence-corrected chi connectivity index (χ1v) is 10.5. The molecule has 0 atom stereocenters. The monoisotopic (exact) mass is 372 g/mol. The Morgan fingerprint density at radius 1 is 0.923 bits per heavy atom. The average Bonchev–Trinajstić information content (AvgIpc) is 2.67. The van der Waals surface area contributed by atoms with Crippen LogP contribution in [0.3, 0.4) is 0 Å². The molecule has 26 heavy (non-hydrogen) atoms. The van der Waals surface area contributed by atoms with Gasteiger partial charge in [-0.2, -0.15) is 0 Å². The maximum absolute atomic E-state index is 12.6. The lowest BCUT2D eigenvalue weighted by atomic mass is 9.97. The summed E-state index contributed by atoms with van der Waals surface area (Å²) >= 11 is 0. The molecular formula is C20H24N2O3S.